The molecule has 0 unspecified atom stereocenters. The number of pyridine rings is 1. The van der Waals surface area contributed by atoms with E-state index in [1.807, 2.05) is 60.7 Å². The van der Waals surface area contributed by atoms with Crippen LogP contribution in [-0.4, -0.2) is 13.4 Å². The molecule has 0 spiro atoms. The fourth-order valence-corrected chi connectivity index (χ4v) is 2.85. The summed E-state index contributed by atoms with van der Waals surface area (Å²) < 4.78 is 32.2. The number of hydrogen-bond acceptors (Lipinski definition) is 4. The molecule has 0 saturated carbocycles. The van der Waals surface area contributed by atoms with E-state index in [2.05, 4.69) is 9.71 Å². The van der Waals surface area contributed by atoms with Crippen LogP contribution < -0.4 is 9.46 Å². The van der Waals surface area contributed by atoms with Crippen molar-refractivity contribution in [2.24, 2.45) is 0 Å². The van der Waals surface area contributed by atoms with E-state index in [0.29, 0.717) is 11.5 Å². The van der Waals surface area contributed by atoms with Crippen LogP contribution in [0.25, 0.3) is 6.08 Å². The number of anilines is 1. The quantitative estimate of drug-likeness (QED) is 0.719. The Labute approximate surface area is 146 Å². The second-order valence-corrected chi connectivity index (χ2v) is 6.72. The van der Waals surface area contributed by atoms with Crippen molar-refractivity contribution in [1.82, 2.24) is 4.98 Å². The molecule has 1 heterocycles. The lowest BCUT2D eigenvalue weighted by atomic mass is 10.2. The maximum Gasteiger partial charge on any atom is 0.256 e. The number of nitrogens with one attached hydrogen (secondary N) is 1. The van der Waals surface area contributed by atoms with Gasteiger partial charge in [-0.2, -0.15) is 0 Å². The predicted octanol–water partition coefficient (Wildman–Crippen LogP) is 4.29. The van der Waals surface area contributed by atoms with Gasteiger partial charge in [-0.25, -0.2) is 13.4 Å². The first-order chi connectivity index (χ1) is 12.1. The monoisotopic (exact) mass is 352 g/mol. The third-order valence-electron chi connectivity index (χ3n) is 3.20. The number of aromatic nitrogens is 1. The van der Waals surface area contributed by atoms with E-state index in [-0.39, 0.29) is 5.82 Å². The van der Waals surface area contributed by atoms with Crippen LogP contribution in [0.1, 0.15) is 5.56 Å². The maximum absolute atomic E-state index is 12.1. The van der Waals surface area contributed by atoms with Gasteiger partial charge in [-0.1, -0.05) is 48.5 Å². The molecule has 0 saturated heterocycles. The summed E-state index contributed by atoms with van der Waals surface area (Å²) in [7, 11) is -3.64. The van der Waals surface area contributed by atoms with E-state index in [9.17, 15) is 8.42 Å². The Kier molecular flexibility index (Phi) is 5.11. The molecule has 3 aromatic rings. The molecule has 0 aliphatic rings. The molecule has 1 aromatic heterocycles. The predicted molar refractivity (Wildman–Crippen MR) is 98.8 cm³/mol. The van der Waals surface area contributed by atoms with Crippen LogP contribution in [0.2, 0.25) is 0 Å². The molecule has 0 bridgehead atoms. The van der Waals surface area contributed by atoms with Crippen molar-refractivity contribution in [2.45, 2.75) is 0 Å². The van der Waals surface area contributed by atoms with Crippen LogP contribution >= 0.6 is 0 Å². The van der Waals surface area contributed by atoms with Crippen LogP contribution in [0.4, 0.5) is 5.82 Å². The van der Waals surface area contributed by atoms with Crippen LogP contribution in [-0.2, 0) is 10.0 Å². The van der Waals surface area contributed by atoms with E-state index < -0.39 is 10.0 Å². The number of sulfonamides is 1. The highest BCUT2D eigenvalue weighted by Crippen LogP contribution is 2.21. The zero-order chi connectivity index (χ0) is 17.5. The normalized spacial score (nSPS) is 11.4. The second kappa shape index (κ2) is 7.63. The minimum atomic E-state index is -3.64. The highest BCUT2D eigenvalue weighted by atomic mass is 32.2. The van der Waals surface area contributed by atoms with Crippen LogP contribution in [0, 0.1) is 0 Å². The van der Waals surface area contributed by atoms with Gasteiger partial charge in [0, 0.05) is 0 Å². The SMILES string of the molecule is O=S(=O)(/C=C/c1ccccc1)Nc1ccc(Oc2ccccc2)cn1. The molecule has 25 heavy (non-hydrogen) atoms. The van der Waals surface area contributed by atoms with Gasteiger partial charge in [-0.3, -0.25) is 4.72 Å². The number of ether oxygens (including phenoxy) is 1. The van der Waals surface area contributed by atoms with E-state index in [1.165, 1.54) is 12.3 Å². The van der Waals surface area contributed by atoms with Crippen molar-refractivity contribution in [2.75, 3.05) is 4.72 Å². The van der Waals surface area contributed by atoms with Crippen LogP contribution in [0.5, 0.6) is 11.5 Å². The summed E-state index contributed by atoms with van der Waals surface area (Å²) in [6.07, 6.45) is 2.99. The Morgan fingerprint density at radius 1 is 0.840 bits per heavy atom. The molecule has 2 aromatic carbocycles. The van der Waals surface area contributed by atoms with Crippen molar-refractivity contribution in [3.63, 3.8) is 0 Å². The molecule has 126 valence electrons. The fraction of sp³-hybridized carbons (Fsp3) is 0. The first-order valence-electron chi connectivity index (χ1n) is 7.56. The largest absolute Gasteiger partial charge is 0.456 e. The summed E-state index contributed by atoms with van der Waals surface area (Å²) in [5, 5.41) is 1.11. The molecule has 1 N–H and O–H groups in total. The molecule has 0 radical (unpaired) electrons. The zero-order valence-electron chi connectivity index (χ0n) is 13.2. The Morgan fingerprint density at radius 3 is 2.16 bits per heavy atom. The first-order valence-corrected chi connectivity index (χ1v) is 9.10. The molecular formula is C19H16N2O3S. The molecule has 5 nitrogen and oxygen atoms in total. The number of hydrogen-bond donors (Lipinski definition) is 1. The lowest BCUT2D eigenvalue weighted by Crippen LogP contribution is -2.09. The lowest BCUT2D eigenvalue weighted by Gasteiger charge is -2.07. The van der Waals surface area contributed by atoms with Gasteiger partial charge in [0.2, 0.25) is 0 Å². The average Bonchev–Trinajstić information content (AvgIpc) is 2.63. The standard InChI is InChI=1S/C19H16N2O3S/c22-25(23,14-13-16-7-3-1-4-8-16)21-19-12-11-18(15-20-19)24-17-9-5-2-6-10-17/h1-15H,(H,20,21)/b14-13+. The summed E-state index contributed by atoms with van der Waals surface area (Å²) in [5.41, 5.74) is 0.799. The number of nitrogens with zero attached hydrogens (tertiary/aromatic N) is 1. The van der Waals surface area contributed by atoms with Crippen molar-refractivity contribution < 1.29 is 13.2 Å². The van der Waals surface area contributed by atoms with Crippen molar-refractivity contribution in [3.05, 3.63) is 90.0 Å². The molecule has 0 aliphatic carbocycles. The Balaban J connectivity index is 1.65. The summed E-state index contributed by atoms with van der Waals surface area (Å²) in [4.78, 5) is 4.07. The van der Waals surface area contributed by atoms with Crippen molar-refractivity contribution in [3.8, 4) is 11.5 Å². The third-order valence-corrected chi connectivity index (χ3v) is 4.19. The molecule has 6 heteroatoms. The van der Waals surface area contributed by atoms with Crippen LogP contribution in [0.3, 0.4) is 0 Å². The van der Waals surface area contributed by atoms with E-state index >= 15 is 0 Å². The minimum absolute atomic E-state index is 0.220. The number of benzene rings is 2. The number of rotatable bonds is 6. The highest BCUT2D eigenvalue weighted by Gasteiger charge is 2.07. The van der Waals surface area contributed by atoms with E-state index in [0.717, 1.165) is 11.0 Å². The zero-order valence-corrected chi connectivity index (χ0v) is 14.1. The molecule has 0 atom stereocenters. The minimum Gasteiger partial charge on any atom is -0.456 e. The van der Waals surface area contributed by atoms with Gasteiger partial charge in [0.25, 0.3) is 10.0 Å². The van der Waals surface area contributed by atoms with Gasteiger partial charge in [-0.05, 0) is 35.9 Å². The Morgan fingerprint density at radius 2 is 1.52 bits per heavy atom. The first kappa shape index (κ1) is 16.7. The van der Waals surface area contributed by atoms with Gasteiger partial charge in [0.05, 0.1) is 11.6 Å². The molecule has 0 amide bonds. The van der Waals surface area contributed by atoms with E-state index in [4.69, 9.17) is 4.74 Å². The average molecular weight is 352 g/mol. The summed E-state index contributed by atoms with van der Waals surface area (Å²) in [6, 6.07) is 21.7. The van der Waals surface area contributed by atoms with Crippen molar-refractivity contribution in [1.29, 1.82) is 0 Å². The van der Waals surface area contributed by atoms with Gasteiger partial charge in [0.1, 0.15) is 17.3 Å². The topological polar surface area (TPSA) is 68.3 Å². The maximum atomic E-state index is 12.1. The van der Waals surface area contributed by atoms with Gasteiger partial charge in [0.15, 0.2) is 0 Å². The molecule has 0 fully saturated rings. The molecular weight excluding hydrogens is 336 g/mol. The lowest BCUT2D eigenvalue weighted by molar-refractivity contribution is 0.480. The summed E-state index contributed by atoms with van der Waals surface area (Å²) in [5.74, 6) is 1.43. The second-order valence-electron chi connectivity index (χ2n) is 5.15. The Bertz CT molecular complexity index is 939. The molecule has 3 rings (SSSR count). The Hall–Kier alpha value is -3.12. The molecule has 0 aliphatic heterocycles. The van der Waals surface area contributed by atoms with E-state index in [1.54, 1.807) is 12.1 Å². The van der Waals surface area contributed by atoms with Gasteiger partial charge >= 0.3 is 0 Å². The van der Waals surface area contributed by atoms with Crippen LogP contribution in [0.15, 0.2) is 84.4 Å². The smallest absolute Gasteiger partial charge is 0.256 e. The third kappa shape index (κ3) is 5.19. The fourth-order valence-electron chi connectivity index (χ4n) is 2.04. The highest BCUT2D eigenvalue weighted by molar-refractivity contribution is 7.95. The van der Waals surface area contributed by atoms with Crippen molar-refractivity contribution >= 4 is 21.9 Å². The number of para-hydroxylation sites is 1. The van der Waals surface area contributed by atoms with Gasteiger partial charge in [-0.15, -0.1) is 0 Å². The summed E-state index contributed by atoms with van der Waals surface area (Å²) >= 11 is 0. The summed E-state index contributed by atoms with van der Waals surface area (Å²) in [6.45, 7) is 0. The van der Waals surface area contributed by atoms with Gasteiger partial charge < -0.3 is 4.74 Å².